The van der Waals surface area contributed by atoms with E-state index in [1.807, 2.05) is 47.0 Å². The smallest absolute Gasteiger partial charge is 0.225 e. The fourth-order valence-electron chi connectivity index (χ4n) is 2.91. The zero-order chi connectivity index (χ0) is 17.9. The van der Waals surface area contributed by atoms with Gasteiger partial charge in [0.2, 0.25) is 5.95 Å². The molecule has 0 spiro atoms. The highest BCUT2D eigenvalue weighted by Gasteiger charge is 2.10. The SMILES string of the molecule is C[C@H](Nc1nccc(-n2cnc3cc(CO)ccc32)n1)c1ccccc1. The minimum absolute atomic E-state index is 0.00174. The molecule has 2 aromatic heterocycles. The third kappa shape index (κ3) is 3.14. The molecule has 4 aromatic rings. The lowest BCUT2D eigenvalue weighted by atomic mass is 10.1. The first kappa shape index (κ1) is 16.2. The number of hydrogen-bond donors (Lipinski definition) is 2. The summed E-state index contributed by atoms with van der Waals surface area (Å²) in [5.41, 5.74) is 3.76. The fraction of sp³-hybridized carbons (Fsp3) is 0.150. The second-order valence-electron chi connectivity index (χ2n) is 6.11. The van der Waals surface area contributed by atoms with Crippen LogP contribution in [0.15, 0.2) is 67.1 Å². The molecule has 0 radical (unpaired) electrons. The van der Waals surface area contributed by atoms with Crippen LogP contribution in [0.3, 0.4) is 0 Å². The first-order valence-electron chi connectivity index (χ1n) is 8.46. The van der Waals surface area contributed by atoms with Crippen LogP contribution in [0.4, 0.5) is 5.95 Å². The highest BCUT2D eigenvalue weighted by molar-refractivity contribution is 5.77. The Labute approximate surface area is 151 Å². The molecule has 0 aliphatic rings. The maximum absolute atomic E-state index is 9.27. The molecule has 6 heteroatoms. The van der Waals surface area contributed by atoms with Crippen LogP contribution >= 0.6 is 0 Å². The Balaban J connectivity index is 1.64. The molecule has 0 saturated carbocycles. The zero-order valence-corrected chi connectivity index (χ0v) is 14.4. The van der Waals surface area contributed by atoms with E-state index in [-0.39, 0.29) is 12.6 Å². The second kappa shape index (κ2) is 6.93. The molecule has 130 valence electrons. The van der Waals surface area contributed by atoms with Gasteiger partial charge in [0.25, 0.3) is 0 Å². The van der Waals surface area contributed by atoms with E-state index in [9.17, 15) is 5.11 Å². The van der Waals surface area contributed by atoms with Crippen molar-refractivity contribution >= 4 is 17.0 Å². The molecule has 4 rings (SSSR count). The van der Waals surface area contributed by atoms with Gasteiger partial charge in [0, 0.05) is 6.20 Å². The Kier molecular flexibility index (Phi) is 4.33. The number of hydrogen-bond acceptors (Lipinski definition) is 5. The number of aliphatic hydroxyl groups is 1. The van der Waals surface area contributed by atoms with Gasteiger partial charge in [-0.25, -0.2) is 9.97 Å². The Hall–Kier alpha value is -3.25. The monoisotopic (exact) mass is 345 g/mol. The van der Waals surface area contributed by atoms with Gasteiger partial charge in [0.05, 0.1) is 23.7 Å². The number of benzene rings is 2. The van der Waals surface area contributed by atoms with Crippen LogP contribution in [0, 0.1) is 0 Å². The number of nitrogens with zero attached hydrogens (tertiary/aromatic N) is 4. The number of anilines is 1. The van der Waals surface area contributed by atoms with Crippen LogP contribution in [0.1, 0.15) is 24.1 Å². The number of nitrogens with one attached hydrogen (secondary N) is 1. The lowest BCUT2D eigenvalue weighted by Gasteiger charge is -2.14. The minimum atomic E-state index is 0.00174. The van der Waals surface area contributed by atoms with Crippen molar-refractivity contribution in [3.05, 3.63) is 78.2 Å². The van der Waals surface area contributed by atoms with Crippen LogP contribution < -0.4 is 5.32 Å². The summed E-state index contributed by atoms with van der Waals surface area (Å²) in [6.07, 6.45) is 3.47. The molecule has 6 nitrogen and oxygen atoms in total. The molecule has 0 amide bonds. The van der Waals surface area contributed by atoms with Gasteiger partial charge in [-0.2, -0.15) is 4.98 Å². The molecule has 0 fully saturated rings. The van der Waals surface area contributed by atoms with Gasteiger partial charge in [-0.05, 0) is 36.2 Å². The molecule has 0 aliphatic heterocycles. The van der Waals surface area contributed by atoms with Gasteiger partial charge < -0.3 is 10.4 Å². The summed E-state index contributed by atoms with van der Waals surface area (Å²) in [5.74, 6) is 1.30. The van der Waals surface area contributed by atoms with E-state index in [2.05, 4.69) is 39.3 Å². The predicted octanol–water partition coefficient (Wildman–Crippen LogP) is 3.48. The van der Waals surface area contributed by atoms with E-state index in [0.29, 0.717) is 5.95 Å². The van der Waals surface area contributed by atoms with Crippen LogP contribution in [-0.4, -0.2) is 24.6 Å². The molecule has 0 bridgehead atoms. The van der Waals surface area contributed by atoms with Crippen molar-refractivity contribution in [1.29, 1.82) is 0 Å². The van der Waals surface area contributed by atoms with Crippen molar-refractivity contribution in [2.45, 2.75) is 19.6 Å². The lowest BCUT2D eigenvalue weighted by Crippen LogP contribution is -2.10. The van der Waals surface area contributed by atoms with Crippen molar-refractivity contribution < 1.29 is 5.11 Å². The Morgan fingerprint density at radius 3 is 2.73 bits per heavy atom. The quantitative estimate of drug-likeness (QED) is 0.579. The summed E-state index contributed by atoms with van der Waals surface area (Å²) in [4.78, 5) is 13.4. The van der Waals surface area contributed by atoms with Crippen LogP contribution in [-0.2, 0) is 6.61 Å². The van der Waals surface area contributed by atoms with Crippen molar-refractivity contribution in [2.24, 2.45) is 0 Å². The summed E-state index contributed by atoms with van der Waals surface area (Å²) in [5, 5.41) is 12.6. The summed E-state index contributed by atoms with van der Waals surface area (Å²) >= 11 is 0. The molecular weight excluding hydrogens is 326 g/mol. The van der Waals surface area contributed by atoms with Crippen LogP contribution in [0.25, 0.3) is 16.9 Å². The van der Waals surface area contributed by atoms with Crippen molar-refractivity contribution in [1.82, 2.24) is 19.5 Å². The number of imidazole rings is 1. The Morgan fingerprint density at radius 2 is 1.92 bits per heavy atom. The van der Waals surface area contributed by atoms with E-state index in [0.717, 1.165) is 22.4 Å². The summed E-state index contributed by atoms with van der Waals surface area (Å²) in [6.45, 7) is 2.08. The van der Waals surface area contributed by atoms with E-state index < -0.39 is 0 Å². The summed E-state index contributed by atoms with van der Waals surface area (Å²) in [7, 11) is 0. The number of rotatable bonds is 5. The number of aromatic nitrogens is 4. The fourth-order valence-corrected chi connectivity index (χ4v) is 2.91. The molecule has 1 atom stereocenters. The van der Waals surface area contributed by atoms with Gasteiger partial charge in [-0.3, -0.25) is 4.57 Å². The maximum atomic E-state index is 9.27. The van der Waals surface area contributed by atoms with Crippen LogP contribution in [0.2, 0.25) is 0 Å². The summed E-state index contributed by atoms with van der Waals surface area (Å²) < 4.78 is 1.91. The van der Waals surface area contributed by atoms with E-state index in [1.165, 1.54) is 5.56 Å². The van der Waals surface area contributed by atoms with Crippen molar-refractivity contribution in [2.75, 3.05) is 5.32 Å². The van der Waals surface area contributed by atoms with E-state index in [4.69, 9.17) is 0 Å². The van der Waals surface area contributed by atoms with Gasteiger partial charge in [0.1, 0.15) is 12.1 Å². The van der Waals surface area contributed by atoms with E-state index in [1.54, 1.807) is 12.5 Å². The van der Waals surface area contributed by atoms with Crippen LogP contribution in [0.5, 0.6) is 0 Å². The molecule has 2 N–H and O–H groups in total. The third-order valence-corrected chi connectivity index (χ3v) is 4.33. The van der Waals surface area contributed by atoms with Gasteiger partial charge in [-0.1, -0.05) is 36.4 Å². The van der Waals surface area contributed by atoms with Gasteiger partial charge >= 0.3 is 0 Å². The maximum Gasteiger partial charge on any atom is 0.225 e. The Bertz CT molecular complexity index is 1030. The zero-order valence-electron chi connectivity index (χ0n) is 14.4. The van der Waals surface area contributed by atoms with Gasteiger partial charge in [-0.15, -0.1) is 0 Å². The van der Waals surface area contributed by atoms with Gasteiger partial charge in [0.15, 0.2) is 0 Å². The lowest BCUT2D eigenvalue weighted by molar-refractivity contribution is 0.282. The van der Waals surface area contributed by atoms with Crippen molar-refractivity contribution in [3.8, 4) is 5.82 Å². The Morgan fingerprint density at radius 1 is 1.08 bits per heavy atom. The molecule has 0 unspecified atom stereocenters. The van der Waals surface area contributed by atoms with Crippen molar-refractivity contribution in [3.63, 3.8) is 0 Å². The molecule has 0 saturated heterocycles. The first-order valence-corrected chi connectivity index (χ1v) is 8.46. The average Bonchev–Trinajstić information content (AvgIpc) is 3.12. The molecule has 26 heavy (non-hydrogen) atoms. The first-order chi connectivity index (χ1) is 12.7. The predicted molar refractivity (Wildman–Crippen MR) is 101 cm³/mol. The highest BCUT2D eigenvalue weighted by Crippen LogP contribution is 2.20. The minimum Gasteiger partial charge on any atom is -0.392 e. The standard InChI is InChI=1S/C20H19N5O/c1-14(16-5-3-2-4-6-16)23-20-21-10-9-19(24-20)25-13-22-17-11-15(12-26)7-8-18(17)25/h2-11,13-14,26H,12H2,1H3,(H,21,23,24)/t14-/m0/s1. The molecule has 2 heterocycles. The highest BCUT2D eigenvalue weighted by atomic mass is 16.3. The molecule has 2 aromatic carbocycles. The topological polar surface area (TPSA) is 75.9 Å². The summed E-state index contributed by atoms with van der Waals surface area (Å²) in [6, 6.07) is 17.8. The normalized spacial score (nSPS) is 12.2. The molecular formula is C20H19N5O. The number of fused-ring (bicyclic) bond motifs is 1. The van der Waals surface area contributed by atoms with E-state index >= 15 is 0 Å². The average molecular weight is 345 g/mol. The third-order valence-electron chi connectivity index (χ3n) is 4.33. The largest absolute Gasteiger partial charge is 0.392 e. The molecule has 0 aliphatic carbocycles. The second-order valence-corrected chi connectivity index (χ2v) is 6.11. The number of aliphatic hydroxyl groups excluding tert-OH is 1.